The Kier molecular flexibility index (Phi) is 4.42. The highest BCUT2D eigenvalue weighted by molar-refractivity contribution is 7.17. The minimum absolute atomic E-state index is 0.0768. The third-order valence-electron chi connectivity index (χ3n) is 3.72. The van der Waals surface area contributed by atoms with Crippen LogP contribution in [0.5, 0.6) is 0 Å². The van der Waals surface area contributed by atoms with Crippen molar-refractivity contribution in [3.63, 3.8) is 0 Å². The minimum Gasteiger partial charge on any atom is -0.367 e. The van der Waals surface area contributed by atoms with Gasteiger partial charge in [0.2, 0.25) is 0 Å². The lowest BCUT2D eigenvalue weighted by molar-refractivity contribution is 0.0944. The molecule has 2 heterocycles. The average molecular weight is 338 g/mol. The number of amides is 1. The fraction of sp³-hybridized carbons (Fsp3) is 0.333. The standard InChI is InChI=1S/C15H16F2N4OS/c1-18-15-19-7-13(23-15)14(22)20-10-4-5-21(8-10)12-3-2-9(16)6-11(12)17/h2-3,6-7,10H,4-5,8H2,1H3,(H,18,19)(H,20,22)/t10-/m0/s1. The maximum Gasteiger partial charge on any atom is 0.263 e. The van der Waals surface area contributed by atoms with Gasteiger partial charge in [-0.25, -0.2) is 13.8 Å². The van der Waals surface area contributed by atoms with Gasteiger partial charge in [-0.2, -0.15) is 0 Å². The van der Waals surface area contributed by atoms with E-state index in [9.17, 15) is 13.6 Å². The van der Waals surface area contributed by atoms with Crippen molar-refractivity contribution in [3.8, 4) is 0 Å². The summed E-state index contributed by atoms with van der Waals surface area (Å²) >= 11 is 1.28. The first-order valence-corrected chi connectivity index (χ1v) is 8.03. The van der Waals surface area contributed by atoms with Crippen molar-refractivity contribution in [2.24, 2.45) is 0 Å². The van der Waals surface area contributed by atoms with Crippen LogP contribution in [0, 0.1) is 11.6 Å². The Morgan fingerprint density at radius 2 is 2.26 bits per heavy atom. The van der Waals surface area contributed by atoms with E-state index in [1.165, 1.54) is 29.7 Å². The molecule has 1 aliphatic rings. The van der Waals surface area contributed by atoms with E-state index in [4.69, 9.17) is 0 Å². The molecule has 0 aliphatic carbocycles. The Labute approximate surface area is 136 Å². The number of benzene rings is 1. The summed E-state index contributed by atoms with van der Waals surface area (Å²) in [5.74, 6) is -1.37. The molecule has 1 aliphatic heterocycles. The lowest BCUT2D eigenvalue weighted by atomic mass is 10.2. The Morgan fingerprint density at radius 1 is 1.43 bits per heavy atom. The molecule has 1 aromatic carbocycles. The van der Waals surface area contributed by atoms with Gasteiger partial charge >= 0.3 is 0 Å². The van der Waals surface area contributed by atoms with Crippen molar-refractivity contribution in [1.82, 2.24) is 10.3 Å². The number of thiazole rings is 1. The molecule has 0 saturated carbocycles. The number of carbonyl (C=O) groups excluding carboxylic acids is 1. The van der Waals surface area contributed by atoms with Gasteiger partial charge in [0.15, 0.2) is 5.13 Å². The first kappa shape index (κ1) is 15.7. The number of halogens is 2. The molecule has 5 nitrogen and oxygen atoms in total. The number of nitrogens with one attached hydrogen (secondary N) is 2. The summed E-state index contributed by atoms with van der Waals surface area (Å²) in [5.41, 5.74) is 0.360. The first-order valence-electron chi connectivity index (χ1n) is 7.21. The lowest BCUT2D eigenvalue weighted by Gasteiger charge is -2.19. The summed E-state index contributed by atoms with van der Waals surface area (Å²) in [6.07, 6.45) is 2.23. The molecule has 2 aromatic rings. The summed E-state index contributed by atoms with van der Waals surface area (Å²) < 4.78 is 26.8. The zero-order valence-corrected chi connectivity index (χ0v) is 13.3. The third-order valence-corrected chi connectivity index (χ3v) is 4.73. The van der Waals surface area contributed by atoms with Gasteiger partial charge in [0, 0.05) is 32.2 Å². The van der Waals surface area contributed by atoms with E-state index in [0.717, 1.165) is 6.07 Å². The summed E-state index contributed by atoms with van der Waals surface area (Å²) in [7, 11) is 1.74. The average Bonchev–Trinajstić information content (AvgIpc) is 3.16. The number of aromatic nitrogens is 1. The second-order valence-electron chi connectivity index (χ2n) is 5.28. The van der Waals surface area contributed by atoms with Crippen LogP contribution in [0.3, 0.4) is 0 Å². The first-order chi connectivity index (χ1) is 11.1. The normalized spacial score (nSPS) is 17.3. The highest BCUT2D eigenvalue weighted by Gasteiger charge is 2.26. The largest absolute Gasteiger partial charge is 0.367 e. The minimum atomic E-state index is -0.596. The van der Waals surface area contributed by atoms with E-state index >= 15 is 0 Å². The Hall–Kier alpha value is -2.22. The Bertz CT molecular complexity index is 721. The zero-order valence-electron chi connectivity index (χ0n) is 12.5. The number of hydrogen-bond donors (Lipinski definition) is 2. The number of nitrogens with zero attached hydrogens (tertiary/aromatic N) is 2. The van der Waals surface area contributed by atoms with E-state index in [0.29, 0.717) is 35.2 Å². The van der Waals surface area contributed by atoms with E-state index in [1.807, 2.05) is 4.90 Å². The molecule has 2 N–H and O–H groups in total. The number of hydrogen-bond acceptors (Lipinski definition) is 5. The molecule has 8 heteroatoms. The predicted molar refractivity (Wildman–Crippen MR) is 86.1 cm³/mol. The molecular weight excluding hydrogens is 322 g/mol. The second-order valence-corrected chi connectivity index (χ2v) is 6.31. The van der Waals surface area contributed by atoms with Gasteiger partial charge < -0.3 is 15.5 Å². The Balaban J connectivity index is 1.62. The molecule has 0 unspecified atom stereocenters. The summed E-state index contributed by atoms with van der Waals surface area (Å²) in [5, 5.41) is 6.49. The van der Waals surface area contributed by atoms with Crippen molar-refractivity contribution in [2.45, 2.75) is 12.5 Å². The van der Waals surface area contributed by atoms with E-state index in [1.54, 1.807) is 7.05 Å². The van der Waals surface area contributed by atoms with Crippen molar-refractivity contribution in [2.75, 3.05) is 30.4 Å². The van der Waals surface area contributed by atoms with Crippen LogP contribution >= 0.6 is 11.3 Å². The lowest BCUT2D eigenvalue weighted by Crippen LogP contribution is -2.36. The van der Waals surface area contributed by atoms with Gasteiger partial charge in [0.1, 0.15) is 16.5 Å². The molecule has 1 saturated heterocycles. The van der Waals surface area contributed by atoms with Crippen LogP contribution < -0.4 is 15.5 Å². The summed E-state index contributed by atoms with van der Waals surface area (Å²) in [4.78, 5) is 18.6. The number of rotatable bonds is 4. The van der Waals surface area contributed by atoms with Crippen LogP contribution in [-0.4, -0.2) is 37.1 Å². The van der Waals surface area contributed by atoms with Gasteiger partial charge in [0.25, 0.3) is 5.91 Å². The van der Waals surface area contributed by atoms with Crippen molar-refractivity contribution in [1.29, 1.82) is 0 Å². The number of carbonyl (C=O) groups is 1. The third kappa shape index (κ3) is 3.42. The van der Waals surface area contributed by atoms with Crippen molar-refractivity contribution < 1.29 is 13.6 Å². The second kappa shape index (κ2) is 6.49. The smallest absolute Gasteiger partial charge is 0.263 e. The highest BCUT2D eigenvalue weighted by Crippen LogP contribution is 2.25. The fourth-order valence-electron chi connectivity index (χ4n) is 2.59. The molecule has 1 amide bonds. The fourth-order valence-corrected chi connectivity index (χ4v) is 3.26. The van der Waals surface area contributed by atoms with Crippen molar-refractivity contribution in [3.05, 3.63) is 40.9 Å². The molecule has 1 aromatic heterocycles. The van der Waals surface area contributed by atoms with Crippen LogP contribution in [-0.2, 0) is 0 Å². The predicted octanol–water partition coefficient (Wildman–Crippen LogP) is 2.47. The molecular formula is C15H16F2N4OS. The quantitative estimate of drug-likeness (QED) is 0.899. The van der Waals surface area contributed by atoms with Gasteiger partial charge in [0.05, 0.1) is 11.9 Å². The SMILES string of the molecule is CNc1ncc(C(=O)N[C@H]2CCN(c3ccc(F)cc3F)C2)s1. The van der Waals surface area contributed by atoms with Crippen LogP contribution in [0.15, 0.2) is 24.4 Å². The molecule has 0 spiro atoms. The number of anilines is 2. The van der Waals surface area contributed by atoms with Gasteiger partial charge in [-0.15, -0.1) is 0 Å². The monoisotopic (exact) mass is 338 g/mol. The molecule has 0 bridgehead atoms. The van der Waals surface area contributed by atoms with Crippen molar-refractivity contribution >= 4 is 28.1 Å². The molecule has 1 atom stereocenters. The molecule has 0 radical (unpaired) electrons. The van der Waals surface area contributed by atoms with Crippen LogP contribution in [0.25, 0.3) is 0 Å². The molecule has 23 heavy (non-hydrogen) atoms. The molecule has 1 fully saturated rings. The maximum atomic E-state index is 13.8. The van der Waals surface area contributed by atoms with Crippen LogP contribution in [0.2, 0.25) is 0 Å². The zero-order chi connectivity index (χ0) is 16.4. The van der Waals surface area contributed by atoms with Gasteiger partial charge in [-0.05, 0) is 18.6 Å². The van der Waals surface area contributed by atoms with Crippen LogP contribution in [0.4, 0.5) is 19.6 Å². The van der Waals surface area contributed by atoms with E-state index in [-0.39, 0.29) is 11.9 Å². The van der Waals surface area contributed by atoms with E-state index < -0.39 is 11.6 Å². The van der Waals surface area contributed by atoms with Gasteiger partial charge in [-0.1, -0.05) is 11.3 Å². The molecule has 122 valence electrons. The summed E-state index contributed by atoms with van der Waals surface area (Å²) in [6, 6.07) is 3.46. The topological polar surface area (TPSA) is 57.3 Å². The maximum absolute atomic E-state index is 13.8. The van der Waals surface area contributed by atoms with E-state index in [2.05, 4.69) is 15.6 Å². The molecule has 3 rings (SSSR count). The van der Waals surface area contributed by atoms with Gasteiger partial charge in [-0.3, -0.25) is 4.79 Å². The van der Waals surface area contributed by atoms with Crippen LogP contribution in [0.1, 0.15) is 16.1 Å². The summed E-state index contributed by atoms with van der Waals surface area (Å²) in [6.45, 7) is 1.10. The Morgan fingerprint density at radius 3 is 2.96 bits per heavy atom. The highest BCUT2D eigenvalue weighted by atomic mass is 32.1.